The SMILES string of the molecule is OCCCCCCCCCCCCCC(O)C(O)CCCCCCCCCCCCO. The largest absolute Gasteiger partial charge is 0.396 e. The zero-order valence-electron chi connectivity index (χ0n) is 20.6. The summed E-state index contributed by atoms with van der Waals surface area (Å²) in [5.41, 5.74) is 0. The lowest BCUT2D eigenvalue weighted by molar-refractivity contribution is 0.00711. The second-order valence-corrected chi connectivity index (χ2v) is 9.58. The van der Waals surface area contributed by atoms with Crippen molar-refractivity contribution < 1.29 is 20.4 Å². The molecule has 0 aromatic carbocycles. The molecule has 0 aromatic heterocycles. The molecule has 188 valence electrons. The first kappa shape index (κ1) is 30.8. The van der Waals surface area contributed by atoms with E-state index in [1.54, 1.807) is 0 Å². The Balaban J connectivity index is 3.29. The summed E-state index contributed by atoms with van der Waals surface area (Å²) in [4.78, 5) is 0. The van der Waals surface area contributed by atoms with Gasteiger partial charge in [-0.05, 0) is 25.7 Å². The summed E-state index contributed by atoms with van der Waals surface area (Å²) in [7, 11) is 0. The molecule has 0 spiro atoms. The average molecular weight is 445 g/mol. The smallest absolute Gasteiger partial charge is 0.0799 e. The van der Waals surface area contributed by atoms with Crippen LogP contribution in [-0.4, -0.2) is 45.8 Å². The number of aliphatic hydroxyl groups excluding tert-OH is 4. The van der Waals surface area contributed by atoms with Crippen LogP contribution in [0.3, 0.4) is 0 Å². The van der Waals surface area contributed by atoms with Crippen LogP contribution in [0.5, 0.6) is 0 Å². The van der Waals surface area contributed by atoms with Crippen molar-refractivity contribution in [2.24, 2.45) is 0 Å². The molecular formula is C27H56O4. The van der Waals surface area contributed by atoms with E-state index in [2.05, 4.69) is 0 Å². The van der Waals surface area contributed by atoms with E-state index >= 15 is 0 Å². The van der Waals surface area contributed by atoms with Crippen molar-refractivity contribution in [1.29, 1.82) is 0 Å². The van der Waals surface area contributed by atoms with Crippen LogP contribution in [0, 0.1) is 0 Å². The van der Waals surface area contributed by atoms with Crippen molar-refractivity contribution in [3.63, 3.8) is 0 Å². The van der Waals surface area contributed by atoms with Crippen LogP contribution in [0.1, 0.15) is 148 Å². The topological polar surface area (TPSA) is 80.9 Å². The van der Waals surface area contributed by atoms with E-state index in [1.807, 2.05) is 0 Å². The molecule has 0 radical (unpaired) electrons. The van der Waals surface area contributed by atoms with Crippen LogP contribution < -0.4 is 0 Å². The first-order chi connectivity index (χ1) is 15.2. The third-order valence-electron chi connectivity index (χ3n) is 6.51. The number of unbranched alkanes of at least 4 members (excludes halogenated alkanes) is 19. The second-order valence-electron chi connectivity index (χ2n) is 9.58. The molecule has 0 heterocycles. The lowest BCUT2D eigenvalue weighted by Gasteiger charge is -2.17. The Morgan fingerprint density at radius 3 is 0.710 bits per heavy atom. The van der Waals surface area contributed by atoms with Crippen LogP contribution in [0.4, 0.5) is 0 Å². The molecule has 2 atom stereocenters. The van der Waals surface area contributed by atoms with Crippen LogP contribution in [0.25, 0.3) is 0 Å². The van der Waals surface area contributed by atoms with E-state index in [-0.39, 0.29) is 0 Å². The highest BCUT2D eigenvalue weighted by Crippen LogP contribution is 2.16. The van der Waals surface area contributed by atoms with Crippen molar-refractivity contribution in [2.75, 3.05) is 13.2 Å². The first-order valence-electron chi connectivity index (χ1n) is 13.8. The minimum Gasteiger partial charge on any atom is -0.396 e. The highest BCUT2D eigenvalue weighted by atomic mass is 16.3. The molecule has 0 aromatic rings. The van der Waals surface area contributed by atoms with Gasteiger partial charge in [-0.1, -0.05) is 122 Å². The predicted octanol–water partition coefficient (Wildman–Crippen LogP) is 6.67. The van der Waals surface area contributed by atoms with Gasteiger partial charge < -0.3 is 20.4 Å². The monoisotopic (exact) mass is 444 g/mol. The van der Waals surface area contributed by atoms with E-state index in [1.165, 1.54) is 89.9 Å². The maximum atomic E-state index is 10.2. The minimum absolute atomic E-state index is 0.328. The van der Waals surface area contributed by atoms with Crippen molar-refractivity contribution in [3.05, 3.63) is 0 Å². The lowest BCUT2D eigenvalue weighted by Crippen LogP contribution is -2.25. The molecular weight excluding hydrogens is 388 g/mol. The number of hydrogen-bond acceptors (Lipinski definition) is 4. The normalized spacial score (nSPS) is 13.5. The highest BCUT2D eigenvalue weighted by molar-refractivity contribution is 4.67. The average Bonchev–Trinajstić information content (AvgIpc) is 2.77. The Morgan fingerprint density at radius 1 is 0.290 bits per heavy atom. The van der Waals surface area contributed by atoms with E-state index < -0.39 is 12.2 Å². The second kappa shape index (κ2) is 26.1. The molecule has 0 fully saturated rings. The number of hydrogen-bond donors (Lipinski definition) is 4. The molecule has 4 heteroatoms. The third kappa shape index (κ3) is 24.3. The Kier molecular flexibility index (Phi) is 26.0. The molecule has 4 N–H and O–H groups in total. The van der Waals surface area contributed by atoms with Gasteiger partial charge in [-0.3, -0.25) is 0 Å². The lowest BCUT2D eigenvalue weighted by atomic mass is 9.99. The molecule has 0 aliphatic rings. The molecule has 2 unspecified atom stereocenters. The Labute approximate surface area is 193 Å². The fourth-order valence-electron chi connectivity index (χ4n) is 4.32. The summed E-state index contributed by atoms with van der Waals surface area (Å²) >= 11 is 0. The van der Waals surface area contributed by atoms with Crippen LogP contribution >= 0.6 is 0 Å². The van der Waals surface area contributed by atoms with Gasteiger partial charge in [-0.15, -0.1) is 0 Å². The van der Waals surface area contributed by atoms with Crippen LogP contribution in [0.2, 0.25) is 0 Å². The summed E-state index contributed by atoms with van der Waals surface area (Å²) in [5.74, 6) is 0. The fourth-order valence-corrected chi connectivity index (χ4v) is 4.32. The van der Waals surface area contributed by atoms with Gasteiger partial charge in [0, 0.05) is 13.2 Å². The van der Waals surface area contributed by atoms with E-state index in [0.717, 1.165) is 57.8 Å². The van der Waals surface area contributed by atoms with Crippen molar-refractivity contribution in [3.8, 4) is 0 Å². The Morgan fingerprint density at radius 2 is 0.484 bits per heavy atom. The zero-order chi connectivity index (χ0) is 22.8. The van der Waals surface area contributed by atoms with Gasteiger partial charge in [0.15, 0.2) is 0 Å². The predicted molar refractivity (Wildman–Crippen MR) is 132 cm³/mol. The van der Waals surface area contributed by atoms with E-state index in [4.69, 9.17) is 10.2 Å². The molecule has 0 amide bonds. The molecule has 0 rings (SSSR count). The quantitative estimate of drug-likeness (QED) is 0.112. The Bertz CT molecular complexity index is 324. The number of rotatable bonds is 26. The van der Waals surface area contributed by atoms with Crippen molar-refractivity contribution in [2.45, 2.75) is 160 Å². The molecule has 0 bridgehead atoms. The highest BCUT2D eigenvalue weighted by Gasteiger charge is 2.15. The summed E-state index contributed by atoms with van der Waals surface area (Å²) in [6.45, 7) is 0.661. The standard InChI is InChI=1S/C27H56O4/c28-24-20-16-12-8-4-1-2-6-10-14-18-22-26(30)27(31)23-19-15-11-7-3-5-9-13-17-21-25-29/h26-31H,1-25H2. The van der Waals surface area contributed by atoms with Gasteiger partial charge in [0.1, 0.15) is 0 Å². The fraction of sp³-hybridized carbons (Fsp3) is 1.00. The molecule has 0 aliphatic heterocycles. The summed E-state index contributed by atoms with van der Waals surface area (Å²) in [6, 6.07) is 0. The van der Waals surface area contributed by atoms with Gasteiger partial charge in [-0.2, -0.15) is 0 Å². The third-order valence-corrected chi connectivity index (χ3v) is 6.51. The molecule has 4 nitrogen and oxygen atoms in total. The van der Waals surface area contributed by atoms with Gasteiger partial charge in [0.2, 0.25) is 0 Å². The van der Waals surface area contributed by atoms with Gasteiger partial charge >= 0.3 is 0 Å². The maximum absolute atomic E-state index is 10.2. The van der Waals surface area contributed by atoms with E-state index in [9.17, 15) is 10.2 Å². The van der Waals surface area contributed by atoms with Crippen LogP contribution in [0.15, 0.2) is 0 Å². The van der Waals surface area contributed by atoms with Crippen molar-refractivity contribution in [1.82, 2.24) is 0 Å². The molecule has 0 saturated carbocycles. The van der Waals surface area contributed by atoms with E-state index in [0.29, 0.717) is 13.2 Å². The van der Waals surface area contributed by atoms with Crippen LogP contribution in [-0.2, 0) is 0 Å². The van der Waals surface area contributed by atoms with Gasteiger partial charge in [0.25, 0.3) is 0 Å². The summed E-state index contributed by atoms with van der Waals surface area (Å²) in [6.07, 6.45) is 25.7. The maximum Gasteiger partial charge on any atom is 0.0799 e. The molecule has 0 saturated heterocycles. The molecule has 31 heavy (non-hydrogen) atoms. The summed E-state index contributed by atoms with van der Waals surface area (Å²) in [5, 5.41) is 37.8. The Hall–Kier alpha value is -0.160. The summed E-state index contributed by atoms with van der Waals surface area (Å²) < 4.78 is 0. The van der Waals surface area contributed by atoms with Crippen molar-refractivity contribution >= 4 is 0 Å². The first-order valence-corrected chi connectivity index (χ1v) is 13.8. The zero-order valence-corrected chi connectivity index (χ0v) is 20.6. The number of aliphatic hydroxyl groups is 4. The van der Waals surface area contributed by atoms with Gasteiger partial charge in [0.05, 0.1) is 12.2 Å². The minimum atomic E-state index is -0.544. The van der Waals surface area contributed by atoms with Gasteiger partial charge in [-0.25, -0.2) is 0 Å². The molecule has 0 aliphatic carbocycles.